The number of para-hydroxylation sites is 2. The summed E-state index contributed by atoms with van der Waals surface area (Å²) < 4.78 is 7.08. The van der Waals surface area contributed by atoms with Crippen molar-refractivity contribution in [3.05, 3.63) is 88.5 Å². The number of Topliss-reactive ketones (excluding diaryl/α,β-unsaturated/α-hetero) is 1. The van der Waals surface area contributed by atoms with Crippen LogP contribution in [0.4, 0.5) is 11.4 Å². The first-order valence-corrected chi connectivity index (χ1v) is 10.8. The second-order valence-electron chi connectivity index (χ2n) is 8.11. The smallest absolute Gasteiger partial charge is 0.342 e. The van der Waals surface area contributed by atoms with Gasteiger partial charge < -0.3 is 14.5 Å². The molecule has 0 unspecified atom stereocenters. The fraction of sp³-hybridized carbons (Fsp3) is 0.231. The van der Waals surface area contributed by atoms with Crippen molar-refractivity contribution < 1.29 is 14.3 Å². The van der Waals surface area contributed by atoms with E-state index in [2.05, 4.69) is 5.10 Å². The second kappa shape index (κ2) is 9.24. The van der Waals surface area contributed by atoms with Crippen LogP contribution in [-0.4, -0.2) is 42.2 Å². The zero-order chi connectivity index (χ0) is 24.4. The molecule has 1 aromatic heterocycles. The van der Waals surface area contributed by atoms with Gasteiger partial charge in [-0.2, -0.15) is 10.4 Å². The molecule has 8 heteroatoms. The average Bonchev–Trinajstić information content (AvgIpc) is 3.26. The molecule has 2 heterocycles. The first kappa shape index (κ1) is 22.8. The maximum atomic E-state index is 12.9. The molecule has 172 valence electrons. The summed E-state index contributed by atoms with van der Waals surface area (Å²) in [5.41, 5.74) is 4.27. The molecule has 0 N–H and O–H groups in total. The van der Waals surface area contributed by atoms with Gasteiger partial charge >= 0.3 is 5.97 Å². The van der Waals surface area contributed by atoms with E-state index in [4.69, 9.17) is 4.74 Å². The number of carbonyl (C=O) groups excluding carboxylic acids is 2. The third-order valence-corrected chi connectivity index (χ3v) is 5.95. The maximum absolute atomic E-state index is 12.9. The summed E-state index contributed by atoms with van der Waals surface area (Å²) in [7, 11) is 3.59. The molecule has 0 radical (unpaired) electrons. The van der Waals surface area contributed by atoms with Crippen LogP contribution in [0.1, 0.15) is 27.3 Å². The van der Waals surface area contributed by atoms with E-state index >= 15 is 0 Å². The number of hydrogen-bond donors (Lipinski definition) is 0. The fourth-order valence-electron chi connectivity index (χ4n) is 4.24. The molecule has 0 aliphatic carbocycles. The van der Waals surface area contributed by atoms with E-state index in [0.717, 1.165) is 16.9 Å². The van der Waals surface area contributed by atoms with Crippen molar-refractivity contribution in [2.24, 2.45) is 0 Å². The molecule has 0 fully saturated rings. The lowest BCUT2D eigenvalue weighted by atomic mass is 10.1. The Morgan fingerprint density at radius 3 is 2.15 bits per heavy atom. The Kier molecular flexibility index (Phi) is 6.19. The molecule has 0 atom stereocenters. The van der Waals surface area contributed by atoms with Gasteiger partial charge in [-0.15, -0.1) is 0 Å². The number of nitriles is 1. The van der Waals surface area contributed by atoms with Gasteiger partial charge in [-0.3, -0.25) is 9.48 Å². The minimum Gasteiger partial charge on any atom is -0.454 e. The summed E-state index contributed by atoms with van der Waals surface area (Å²) in [4.78, 5) is 29.3. The van der Waals surface area contributed by atoms with Crippen molar-refractivity contribution in [3.8, 4) is 6.07 Å². The third-order valence-electron chi connectivity index (χ3n) is 5.95. The van der Waals surface area contributed by atoms with Crippen LogP contribution in [0.3, 0.4) is 0 Å². The van der Waals surface area contributed by atoms with Crippen molar-refractivity contribution in [1.29, 1.82) is 5.26 Å². The maximum Gasteiger partial charge on any atom is 0.342 e. The summed E-state index contributed by atoms with van der Waals surface area (Å²) in [6, 6.07) is 19.4. The van der Waals surface area contributed by atoms with Gasteiger partial charge in [-0.25, -0.2) is 4.79 Å². The number of anilines is 2. The van der Waals surface area contributed by atoms with E-state index in [0.29, 0.717) is 29.3 Å². The SMILES string of the molecule is Cc1nn(Cc2ccccc2)c(C)c1C(=O)OCC(=O)C(C#N)=C1N(C)c2ccccc2N1C. The van der Waals surface area contributed by atoms with Crippen LogP contribution in [0.5, 0.6) is 0 Å². The highest BCUT2D eigenvalue weighted by Gasteiger charge is 2.32. The van der Waals surface area contributed by atoms with E-state index in [1.54, 1.807) is 42.4 Å². The number of rotatable bonds is 6. The van der Waals surface area contributed by atoms with Crippen LogP contribution in [0.15, 0.2) is 66.0 Å². The largest absolute Gasteiger partial charge is 0.454 e. The third kappa shape index (κ3) is 4.04. The zero-order valence-corrected chi connectivity index (χ0v) is 19.6. The predicted molar refractivity (Wildman–Crippen MR) is 128 cm³/mol. The van der Waals surface area contributed by atoms with E-state index < -0.39 is 18.4 Å². The van der Waals surface area contributed by atoms with Crippen LogP contribution in [0, 0.1) is 25.2 Å². The zero-order valence-electron chi connectivity index (χ0n) is 19.6. The number of hydrogen-bond acceptors (Lipinski definition) is 7. The van der Waals surface area contributed by atoms with E-state index in [9.17, 15) is 14.9 Å². The van der Waals surface area contributed by atoms with Crippen molar-refractivity contribution in [2.45, 2.75) is 20.4 Å². The van der Waals surface area contributed by atoms with Crippen molar-refractivity contribution in [2.75, 3.05) is 30.5 Å². The number of fused-ring (bicyclic) bond motifs is 1. The Bertz CT molecular complexity index is 1300. The predicted octanol–water partition coefficient (Wildman–Crippen LogP) is 3.60. The number of aryl methyl sites for hydroxylation is 1. The molecule has 4 rings (SSSR count). The molecule has 0 amide bonds. The number of nitrogens with zero attached hydrogens (tertiary/aromatic N) is 5. The monoisotopic (exact) mass is 455 g/mol. The molecular weight excluding hydrogens is 430 g/mol. The highest BCUT2D eigenvalue weighted by atomic mass is 16.5. The number of ketones is 1. The molecule has 1 aliphatic rings. The topological polar surface area (TPSA) is 91.5 Å². The molecule has 2 aromatic carbocycles. The number of carbonyl (C=O) groups is 2. The van der Waals surface area contributed by atoms with Crippen LogP contribution >= 0.6 is 0 Å². The summed E-state index contributed by atoms with van der Waals surface area (Å²) in [6.07, 6.45) is 0. The lowest BCUT2D eigenvalue weighted by Gasteiger charge is -2.19. The summed E-state index contributed by atoms with van der Waals surface area (Å²) in [5.74, 6) is -0.751. The van der Waals surface area contributed by atoms with Gasteiger partial charge in [0.25, 0.3) is 0 Å². The van der Waals surface area contributed by atoms with Crippen LogP contribution in [0.2, 0.25) is 0 Å². The van der Waals surface area contributed by atoms with Gasteiger partial charge in [-0.1, -0.05) is 42.5 Å². The van der Waals surface area contributed by atoms with Crippen LogP contribution in [0.25, 0.3) is 0 Å². The molecule has 3 aromatic rings. The second-order valence-corrected chi connectivity index (χ2v) is 8.11. The molecule has 0 spiro atoms. The first-order chi connectivity index (χ1) is 16.3. The van der Waals surface area contributed by atoms with E-state index in [-0.39, 0.29) is 5.57 Å². The van der Waals surface area contributed by atoms with Crippen molar-refractivity contribution >= 4 is 23.1 Å². The minimum atomic E-state index is -0.638. The number of esters is 1. The highest BCUT2D eigenvalue weighted by Crippen LogP contribution is 2.40. The van der Waals surface area contributed by atoms with Crippen molar-refractivity contribution in [3.63, 3.8) is 0 Å². The Labute approximate surface area is 198 Å². The van der Waals surface area contributed by atoms with Crippen LogP contribution < -0.4 is 9.80 Å². The Morgan fingerprint density at radius 1 is 0.971 bits per heavy atom. The van der Waals surface area contributed by atoms with Gasteiger partial charge in [0, 0.05) is 14.1 Å². The Balaban J connectivity index is 1.51. The van der Waals surface area contributed by atoms with Gasteiger partial charge in [0.2, 0.25) is 5.78 Å². The molecule has 8 nitrogen and oxygen atoms in total. The lowest BCUT2D eigenvalue weighted by molar-refractivity contribution is -0.118. The summed E-state index contributed by atoms with van der Waals surface area (Å²) >= 11 is 0. The fourth-order valence-corrected chi connectivity index (χ4v) is 4.24. The number of ether oxygens (including phenoxy) is 1. The number of aromatic nitrogens is 2. The van der Waals surface area contributed by atoms with Gasteiger partial charge in [0.1, 0.15) is 23.0 Å². The van der Waals surface area contributed by atoms with Crippen LogP contribution in [-0.2, 0) is 16.1 Å². The molecule has 0 saturated carbocycles. The summed E-state index contributed by atoms with van der Waals surface area (Å²) in [5, 5.41) is 14.2. The lowest BCUT2D eigenvalue weighted by Crippen LogP contribution is -2.28. The average molecular weight is 456 g/mol. The standard InChI is InChI=1S/C26H25N5O3/c1-17-24(18(2)31(28-17)15-19-10-6-5-7-11-19)26(33)34-16-23(32)20(14-27)25-29(3)21-12-8-9-13-22(21)30(25)4/h5-13H,15-16H2,1-4H3. The molecule has 0 bridgehead atoms. The number of benzene rings is 2. The minimum absolute atomic E-state index is 0.0674. The van der Waals surface area contributed by atoms with E-state index in [1.807, 2.05) is 60.7 Å². The van der Waals surface area contributed by atoms with Crippen molar-refractivity contribution in [1.82, 2.24) is 9.78 Å². The van der Waals surface area contributed by atoms with E-state index in [1.165, 1.54) is 0 Å². The molecular formula is C26H25N5O3. The normalized spacial score (nSPS) is 12.4. The highest BCUT2D eigenvalue weighted by molar-refractivity contribution is 6.04. The quantitative estimate of drug-likeness (QED) is 0.319. The molecule has 34 heavy (non-hydrogen) atoms. The van der Waals surface area contributed by atoms with Gasteiger partial charge in [-0.05, 0) is 31.5 Å². The summed E-state index contributed by atoms with van der Waals surface area (Å²) in [6.45, 7) is 3.51. The first-order valence-electron chi connectivity index (χ1n) is 10.8. The Morgan fingerprint density at radius 2 is 1.56 bits per heavy atom. The van der Waals surface area contributed by atoms with Gasteiger partial charge in [0.15, 0.2) is 6.61 Å². The Hall–Kier alpha value is -4.38. The molecule has 0 saturated heterocycles. The molecule has 1 aliphatic heterocycles. The van der Waals surface area contributed by atoms with Gasteiger partial charge in [0.05, 0.1) is 29.3 Å².